The van der Waals surface area contributed by atoms with Gasteiger partial charge in [-0.3, -0.25) is 0 Å². The van der Waals surface area contributed by atoms with E-state index in [1.54, 1.807) is 11.1 Å². The molecule has 115 valence electrons. The molecule has 1 atom stereocenters. The first-order valence-corrected chi connectivity index (χ1v) is 8.54. The van der Waals surface area contributed by atoms with Crippen LogP contribution in [0.15, 0.2) is 23.3 Å². The van der Waals surface area contributed by atoms with Gasteiger partial charge in [-0.25, -0.2) is 0 Å². The third-order valence-electron chi connectivity index (χ3n) is 4.41. The van der Waals surface area contributed by atoms with Gasteiger partial charge in [-0.2, -0.15) is 0 Å². The van der Waals surface area contributed by atoms with Gasteiger partial charge in [0.15, 0.2) is 0 Å². The van der Waals surface area contributed by atoms with Crippen LogP contribution in [0.4, 0.5) is 0 Å². The van der Waals surface area contributed by atoms with Crippen LogP contribution < -0.4 is 0 Å². The summed E-state index contributed by atoms with van der Waals surface area (Å²) in [6.07, 6.45) is 17.9. The van der Waals surface area contributed by atoms with E-state index in [1.165, 1.54) is 51.4 Å². The Labute approximate surface area is 126 Å². The van der Waals surface area contributed by atoms with E-state index in [9.17, 15) is 0 Å². The lowest BCUT2D eigenvalue weighted by atomic mass is 9.77. The second kappa shape index (κ2) is 9.39. The molecule has 0 aromatic carbocycles. The van der Waals surface area contributed by atoms with Crippen LogP contribution in [0, 0.1) is 6.42 Å². The van der Waals surface area contributed by atoms with Crippen molar-refractivity contribution in [2.75, 3.05) is 7.11 Å². The maximum absolute atomic E-state index is 6.04. The van der Waals surface area contributed by atoms with Crippen molar-refractivity contribution in [3.05, 3.63) is 29.7 Å². The fraction of sp³-hybridized carbons (Fsp3) is 0.737. The Hall–Kier alpha value is -0.560. The van der Waals surface area contributed by atoms with Gasteiger partial charge in [0.2, 0.25) is 0 Å². The highest BCUT2D eigenvalue weighted by atomic mass is 16.5. The van der Waals surface area contributed by atoms with Crippen molar-refractivity contribution in [1.82, 2.24) is 0 Å². The van der Waals surface area contributed by atoms with Crippen molar-refractivity contribution in [3.8, 4) is 0 Å². The second-order valence-electron chi connectivity index (χ2n) is 5.93. The summed E-state index contributed by atoms with van der Waals surface area (Å²) >= 11 is 0. The molecule has 0 heterocycles. The van der Waals surface area contributed by atoms with Gasteiger partial charge in [0.1, 0.15) is 5.60 Å². The lowest BCUT2D eigenvalue weighted by Crippen LogP contribution is -2.34. The van der Waals surface area contributed by atoms with Crippen LogP contribution in [-0.4, -0.2) is 12.7 Å². The van der Waals surface area contributed by atoms with E-state index in [0.717, 1.165) is 6.42 Å². The maximum Gasteiger partial charge on any atom is 0.107 e. The number of methoxy groups -OCH3 is 1. The molecular weight excluding hydrogens is 244 g/mol. The molecule has 20 heavy (non-hydrogen) atoms. The largest absolute Gasteiger partial charge is 0.370 e. The molecule has 1 radical (unpaired) electrons. The molecule has 0 spiro atoms. The van der Waals surface area contributed by atoms with Gasteiger partial charge in [-0.05, 0) is 37.7 Å². The zero-order valence-corrected chi connectivity index (χ0v) is 14.0. The first-order chi connectivity index (χ1) is 9.74. The molecule has 0 aliphatic heterocycles. The lowest BCUT2D eigenvalue weighted by molar-refractivity contribution is 0.0493. The van der Waals surface area contributed by atoms with Crippen LogP contribution in [0.3, 0.4) is 0 Å². The van der Waals surface area contributed by atoms with Crippen LogP contribution in [0.25, 0.3) is 0 Å². The first kappa shape index (κ1) is 17.5. The minimum atomic E-state index is -0.122. The van der Waals surface area contributed by atoms with Gasteiger partial charge in [-0.15, -0.1) is 0 Å². The summed E-state index contributed by atoms with van der Waals surface area (Å²) in [5, 5.41) is 0. The van der Waals surface area contributed by atoms with Gasteiger partial charge in [0.25, 0.3) is 0 Å². The Morgan fingerprint density at radius 2 is 1.60 bits per heavy atom. The maximum atomic E-state index is 6.04. The summed E-state index contributed by atoms with van der Waals surface area (Å²) in [5.41, 5.74) is 2.98. The molecule has 0 aromatic heterocycles. The van der Waals surface area contributed by atoms with Crippen molar-refractivity contribution >= 4 is 0 Å². The molecular formula is C19H33O. The summed E-state index contributed by atoms with van der Waals surface area (Å²) in [5.74, 6) is 0. The Bertz CT molecular complexity index is 327. The average molecular weight is 277 g/mol. The standard InChI is InChI=1S/C19H33O/c1-5-8-12-17-13-11-16-19(20-4,15-10-7-3)18(17)14-9-6-2/h11,13,16H,5-10,12,14-15H2,1-4H3. The third-order valence-corrected chi connectivity index (χ3v) is 4.41. The van der Waals surface area contributed by atoms with Crippen LogP contribution in [0.5, 0.6) is 0 Å². The normalized spacial score (nSPS) is 22.6. The molecule has 1 aliphatic carbocycles. The number of rotatable bonds is 10. The topological polar surface area (TPSA) is 9.23 Å². The Kier molecular flexibility index (Phi) is 8.21. The highest BCUT2D eigenvalue weighted by molar-refractivity contribution is 5.42. The Morgan fingerprint density at radius 1 is 0.950 bits per heavy atom. The number of unbranched alkanes of at least 4 members (excludes halogenated alkanes) is 3. The van der Waals surface area contributed by atoms with Crippen molar-refractivity contribution in [3.63, 3.8) is 0 Å². The molecule has 0 amide bonds. The van der Waals surface area contributed by atoms with Gasteiger partial charge < -0.3 is 4.74 Å². The molecule has 0 saturated heterocycles. The monoisotopic (exact) mass is 277 g/mol. The summed E-state index contributed by atoms with van der Waals surface area (Å²) in [6, 6.07) is 0. The molecule has 0 bridgehead atoms. The minimum absolute atomic E-state index is 0.122. The zero-order chi connectivity index (χ0) is 14.8. The molecule has 1 aliphatic rings. The van der Waals surface area contributed by atoms with Gasteiger partial charge in [-0.1, -0.05) is 64.2 Å². The van der Waals surface area contributed by atoms with E-state index in [1.807, 2.05) is 7.11 Å². The van der Waals surface area contributed by atoms with E-state index in [-0.39, 0.29) is 5.60 Å². The molecule has 1 rings (SSSR count). The average Bonchev–Trinajstić information content (AvgIpc) is 2.49. The molecule has 0 aromatic rings. The number of allylic oxidation sites excluding steroid dienone is 2. The number of hydrogen-bond donors (Lipinski definition) is 0. The smallest absolute Gasteiger partial charge is 0.107 e. The first-order valence-electron chi connectivity index (χ1n) is 8.54. The molecule has 0 saturated carbocycles. The molecule has 1 nitrogen and oxygen atoms in total. The lowest BCUT2D eigenvalue weighted by Gasteiger charge is -2.37. The van der Waals surface area contributed by atoms with Gasteiger partial charge in [0, 0.05) is 13.5 Å². The quantitative estimate of drug-likeness (QED) is 0.475. The summed E-state index contributed by atoms with van der Waals surface area (Å²) in [6.45, 7) is 6.80. The number of hydrogen-bond acceptors (Lipinski definition) is 1. The van der Waals surface area contributed by atoms with Crippen LogP contribution in [0.1, 0.15) is 78.6 Å². The minimum Gasteiger partial charge on any atom is -0.370 e. The second-order valence-corrected chi connectivity index (χ2v) is 5.93. The van der Waals surface area contributed by atoms with Gasteiger partial charge >= 0.3 is 0 Å². The molecule has 1 heteroatoms. The summed E-state index contributed by atoms with van der Waals surface area (Å²) < 4.78 is 6.04. The Morgan fingerprint density at radius 3 is 2.20 bits per heavy atom. The van der Waals surface area contributed by atoms with Crippen LogP contribution in [0.2, 0.25) is 0 Å². The highest BCUT2D eigenvalue weighted by Crippen LogP contribution is 2.39. The molecule has 0 fully saturated rings. The van der Waals surface area contributed by atoms with E-state index in [0.29, 0.717) is 0 Å². The van der Waals surface area contributed by atoms with E-state index >= 15 is 0 Å². The van der Waals surface area contributed by atoms with Crippen molar-refractivity contribution in [1.29, 1.82) is 0 Å². The van der Waals surface area contributed by atoms with E-state index < -0.39 is 0 Å². The SMILES string of the molecule is CCCCC1=C(CCCC)C(CCCC)(OC)C=C[CH]1. The van der Waals surface area contributed by atoms with Crippen molar-refractivity contribution in [2.24, 2.45) is 0 Å². The van der Waals surface area contributed by atoms with E-state index in [2.05, 4.69) is 39.3 Å². The fourth-order valence-corrected chi connectivity index (χ4v) is 3.09. The van der Waals surface area contributed by atoms with Crippen LogP contribution in [-0.2, 0) is 4.74 Å². The van der Waals surface area contributed by atoms with E-state index in [4.69, 9.17) is 4.74 Å². The Balaban J connectivity index is 2.99. The fourth-order valence-electron chi connectivity index (χ4n) is 3.09. The van der Waals surface area contributed by atoms with Crippen LogP contribution >= 0.6 is 0 Å². The predicted octanol–water partition coefficient (Wildman–Crippen LogP) is 6.01. The summed E-state index contributed by atoms with van der Waals surface area (Å²) in [7, 11) is 1.88. The number of ether oxygens (including phenoxy) is 1. The third kappa shape index (κ3) is 4.48. The molecule has 0 N–H and O–H groups in total. The van der Waals surface area contributed by atoms with Crippen molar-refractivity contribution in [2.45, 2.75) is 84.2 Å². The highest BCUT2D eigenvalue weighted by Gasteiger charge is 2.34. The van der Waals surface area contributed by atoms with Crippen molar-refractivity contribution < 1.29 is 4.74 Å². The predicted molar refractivity (Wildman–Crippen MR) is 88.8 cm³/mol. The van der Waals surface area contributed by atoms with Gasteiger partial charge in [0.05, 0.1) is 0 Å². The molecule has 1 unspecified atom stereocenters. The summed E-state index contributed by atoms with van der Waals surface area (Å²) in [4.78, 5) is 0. The zero-order valence-electron chi connectivity index (χ0n) is 14.0.